The molecule has 70 valence electrons. The fourth-order valence-electron chi connectivity index (χ4n) is 0.933. The third-order valence-electron chi connectivity index (χ3n) is 1.52. The highest BCUT2D eigenvalue weighted by atomic mass is 35.5. The number of hydrogen-bond donors (Lipinski definition) is 1. The summed E-state index contributed by atoms with van der Waals surface area (Å²) in [6.07, 6.45) is 0. The van der Waals surface area contributed by atoms with Gasteiger partial charge in [-0.1, -0.05) is 11.6 Å². The summed E-state index contributed by atoms with van der Waals surface area (Å²) in [6, 6.07) is 2.67. The zero-order chi connectivity index (χ0) is 10.0. The van der Waals surface area contributed by atoms with E-state index in [9.17, 15) is 9.18 Å². The van der Waals surface area contributed by atoms with Crippen LogP contribution in [-0.4, -0.2) is 13.0 Å². The van der Waals surface area contributed by atoms with E-state index in [-0.39, 0.29) is 16.3 Å². The molecule has 0 spiro atoms. The Hall–Kier alpha value is -1.29. The first-order valence-corrected chi connectivity index (χ1v) is 3.77. The van der Waals surface area contributed by atoms with Gasteiger partial charge in [0.25, 0.3) is 5.91 Å². The van der Waals surface area contributed by atoms with Gasteiger partial charge in [-0.3, -0.25) is 4.79 Å². The number of hydrogen-bond acceptors (Lipinski definition) is 2. The molecule has 0 aliphatic carbocycles. The Morgan fingerprint density at radius 1 is 1.62 bits per heavy atom. The molecular weight excluding hydrogens is 197 g/mol. The summed E-state index contributed by atoms with van der Waals surface area (Å²) < 4.78 is 17.9. The first-order valence-electron chi connectivity index (χ1n) is 3.39. The van der Waals surface area contributed by atoms with Crippen LogP contribution in [0.1, 0.15) is 10.4 Å². The molecule has 0 aliphatic heterocycles. The average Bonchev–Trinajstić information content (AvgIpc) is 2.08. The lowest BCUT2D eigenvalue weighted by Gasteiger charge is -2.06. The summed E-state index contributed by atoms with van der Waals surface area (Å²) in [6.45, 7) is 0. The highest BCUT2D eigenvalue weighted by Crippen LogP contribution is 2.26. The van der Waals surface area contributed by atoms with Crippen molar-refractivity contribution in [2.24, 2.45) is 5.73 Å². The van der Waals surface area contributed by atoms with Crippen molar-refractivity contribution in [3.8, 4) is 5.75 Å². The van der Waals surface area contributed by atoms with Crippen molar-refractivity contribution in [2.45, 2.75) is 0 Å². The zero-order valence-corrected chi connectivity index (χ0v) is 7.56. The molecule has 0 saturated carbocycles. The third kappa shape index (κ3) is 1.72. The SMILES string of the molecule is COc1ccc(Cl)c(F)c1C(N)=O. The van der Waals surface area contributed by atoms with E-state index in [1.807, 2.05) is 0 Å². The molecule has 5 heteroatoms. The summed E-state index contributed by atoms with van der Waals surface area (Å²) in [7, 11) is 1.31. The predicted molar refractivity (Wildman–Crippen MR) is 46.5 cm³/mol. The largest absolute Gasteiger partial charge is 0.496 e. The molecule has 0 radical (unpaired) electrons. The van der Waals surface area contributed by atoms with Crippen molar-refractivity contribution in [3.63, 3.8) is 0 Å². The molecule has 1 rings (SSSR count). The van der Waals surface area contributed by atoms with Crippen LogP contribution in [0.25, 0.3) is 0 Å². The van der Waals surface area contributed by atoms with Crippen LogP contribution in [0.5, 0.6) is 5.75 Å². The molecule has 0 aliphatic rings. The van der Waals surface area contributed by atoms with Crippen LogP contribution in [0.15, 0.2) is 12.1 Å². The fraction of sp³-hybridized carbons (Fsp3) is 0.125. The third-order valence-corrected chi connectivity index (χ3v) is 1.81. The highest BCUT2D eigenvalue weighted by molar-refractivity contribution is 6.31. The normalized spacial score (nSPS) is 9.77. The molecule has 13 heavy (non-hydrogen) atoms. The monoisotopic (exact) mass is 203 g/mol. The van der Waals surface area contributed by atoms with E-state index >= 15 is 0 Å². The molecule has 0 heterocycles. The second-order valence-electron chi connectivity index (χ2n) is 2.30. The number of carbonyl (C=O) groups is 1. The lowest BCUT2D eigenvalue weighted by atomic mass is 10.2. The van der Waals surface area contributed by atoms with Crippen molar-refractivity contribution in [1.29, 1.82) is 0 Å². The Labute approximate surface area is 79.2 Å². The fourth-order valence-corrected chi connectivity index (χ4v) is 1.09. The molecular formula is C8H7ClFNO2. The Balaban J connectivity index is 3.41. The predicted octanol–water partition coefficient (Wildman–Crippen LogP) is 1.59. The van der Waals surface area contributed by atoms with E-state index in [1.165, 1.54) is 19.2 Å². The minimum absolute atomic E-state index is 0.0781. The summed E-state index contributed by atoms with van der Waals surface area (Å²) in [5.41, 5.74) is 4.62. The summed E-state index contributed by atoms with van der Waals surface area (Å²) >= 11 is 5.45. The number of benzene rings is 1. The van der Waals surface area contributed by atoms with Gasteiger partial charge >= 0.3 is 0 Å². The van der Waals surface area contributed by atoms with E-state index in [4.69, 9.17) is 22.1 Å². The van der Waals surface area contributed by atoms with Crippen molar-refractivity contribution >= 4 is 17.5 Å². The molecule has 0 unspecified atom stereocenters. The summed E-state index contributed by atoms with van der Waals surface area (Å²) in [5, 5.41) is -0.158. The summed E-state index contributed by atoms with van der Waals surface area (Å²) in [5.74, 6) is -1.68. The zero-order valence-electron chi connectivity index (χ0n) is 6.80. The molecule has 1 aromatic rings. The van der Waals surface area contributed by atoms with Crippen molar-refractivity contribution in [2.75, 3.05) is 7.11 Å². The van der Waals surface area contributed by atoms with Crippen LogP contribution in [0.4, 0.5) is 4.39 Å². The van der Waals surface area contributed by atoms with E-state index in [1.54, 1.807) is 0 Å². The summed E-state index contributed by atoms with van der Waals surface area (Å²) in [4.78, 5) is 10.8. The van der Waals surface area contributed by atoms with E-state index in [0.29, 0.717) is 0 Å². The van der Waals surface area contributed by atoms with Crippen molar-refractivity contribution in [1.82, 2.24) is 0 Å². The molecule has 2 N–H and O–H groups in total. The van der Waals surface area contributed by atoms with Gasteiger partial charge in [0, 0.05) is 0 Å². The lowest BCUT2D eigenvalue weighted by Crippen LogP contribution is -2.14. The maximum Gasteiger partial charge on any atom is 0.255 e. The van der Waals surface area contributed by atoms with Gasteiger partial charge < -0.3 is 10.5 Å². The Morgan fingerprint density at radius 2 is 2.23 bits per heavy atom. The first kappa shape index (κ1) is 9.80. The standard InChI is InChI=1S/C8H7ClFNO2/c1-13-5-3-2-4(9)7(10)6(5)8(11)12/h2-3H,1H3,(H2,11,12). The van der Waals surface area contributed by atoms with Crippen LogP contribution in [0.3, 0.4) is 0 Å². The molecule has 0 saturated heterocycles. The molecule has 0 fully saturated rings. The lowest BCUT2D eigenvalue weighted by molar-refractivity contribution is 0.0993. The maximum atomic E-state index is 13.2. The average molecular weight is 204 g/mol. The van der Waals surface area contributed by atoms with Crippen LogP contribution >= 0.6 is 11.6 Å². The Morgan fingerprint density at radius 3 is 2.69 bits per heavy atom. The first-order chi connectivity index (χ1) is 6.07. The smallest absolute Gasteiger partial charge is 0.255 e. The minimum atomic E-state index is -0.906. The number of carbonyl (C=O) groups excluding carboxylic acids is 1. The molecule has 1 amide bonds. The molecule has 0 atom stereocenters. The molecule has 0 aromatic heterocycles. The van der Waals surface area contributed by atoms with Gasteiger partial charge in [0.15, 0.2) is 5.82 Å². The quantitative estimate of drug-likeness (QED) is 0.794. The van der Waals surface area contributed by atoms with Gasteiger partial charge in [-0.25, -0.2) is 4.39 Å². The van der Waals surface area contributed by atoms with E-state index in [0.717, 1.165) is 0 Å². The number of methoxy groups -OCH3 is 1. The van der Waals surface area contributed by atoms with Gasteiger partial charge in [-0.05, 0) is 12.1 Å². The molecule has 3 nitrogen and oxygen atoms in total. The number of primary amides is 1. The Bertz CT molecular complexity index is 354. The Kier molecular flexibility index (Phi) is 2.72. The van der Waals surface area contributed by atoms with Crippen LogP contribution in [0, 0.1) is 5.82 Å². The van der Waals surface area contributed by atoms with Gasteiger partial charge in [0.1, 0.15) is 11.3 Å². The number of rotatable bonds is 2. The van der Waals surface area contributed by atoms with Crippen molar-refractivity contribution < 1.29 is 13.9 Å². The number of nitrogens with two attached hydrogens (primary N) is 1. The van der Waals surface area contributed by atoms with Crippen LogP contribution in [0.2, 0.25) is 5.02 Å². The van der Waals surface area contributed by atoms with Gasteiger partial charge in [-0.15, -0.1) is 0 Å². The van der Waals surface area contributed by atoms with Gasteiger partial charge in [-0.2, -0.15) is 0 Å². The van der Waals surface area contributed by atoms with Gasteiger partial charge in [0.2, 0.25) is 0 Å². The van der Waals surface area contributed by atoms with Gasteiger partial charge in [0.05, 0.1) is 12.1 Å². The van der Waals surface area contributed by atoms with E-state index in [2.05, 4.69) is 0 Å². The molecule has 0 bridgehead atoms. The number of halogens is 2. The minimum Gasteiger partial charge on any atom is -0.496 e. The maximum absolute atomic E-state index is 13.2. The topological polar surface area (TPSA) is 52.3 Å². The second-order valence-corrected chi connectivity index (χ2v) is 2.71. The van der Waals surface area contributed by atoms with Crippen LogP contribution < -0.4 is 10.5 Å². The van der Waals surface area contributed by atoms with Crippen LogP contribution in [-0.2, 0) is 0 Å². The number of amides is 1. The number of ether oxygens (including phenoxy) is 1. The highest BCUT2D eigenvalue weighted by Gasteiger charge is 2.17. The second kappa shape index (κ2) is 3.62. The van der Waals surface area contributed by atoms with E-state index < -0.39 is 11.7 Å². The molecule has 1 aromatic carbocycles. The van der Waals surface area contributed by atoms with Crippen molar-refractivity contribution in [3.05, 3.63) is 28.5 Å².